The van der Waals surface area contributed by atoms with E-state index >= 15 is 0 Å². The van der Waals surface area contributed by atoms with E-state index in [1.54, 1.807) is 18.3 Å². The SMILES string of the molecule is Nc1cccnc1C(=O)NC1CCCCCC1. The third kappa shape index (κ3) is 3.19. The van der Waals surface area contributed by atoms with Crippen LogP contribution in [0.3, 0.4) is 0 Å². The van der Waals surface area contributed by atoms with Crippen LogP contribution < -0.4 is 11.1 Å². The van der Waals surface area contributed by atoms with Crippen molar-refractivity contribution in [3.05, 3.63) is 24.0 Å². The number of nitrogens with two attached hydrogens (primary N) is 1. The summed E-state index contributed by atoms with van der Waals surface area (Å²) in [6.45, 7) is 0. The Bertz CT molecular complexity index is 384. The van der Waals surface area contributed by atoms with Gasteiger partial charge in [0.05, 0.1) is 5.69 Å². The van der Waals surface area contributed by atoms with Gasteiger partial charge in [-0.25, -0.2) is 4.98 Å². The van der Waals surface area contributed by atoms with Crippen molar-refractivity contribution in [2.75, 3.05) is 5.73 Å². The molecule has 1 aromatic heterocycles. The zero-order valence-corrected chi connectivity index (χ0v) is 9.98. The van der Waals surface area contributed by atoms with E-state index in [0.29, 0.717) is 11.4 Å². The third-order valence-electron chi connectivity index (χ3n) is 3.24. The van der Waals surface area contributed by atoms with Crippen molar-refractivity contribution in [1.29, 1.82) is 0 Å². The molecule has 1 saturated carbocycles. The lowest BCUT2D eigenvalue weighted by Gasteiger charge is -2.16. The summed E-state index contributed by atoms with van der Waals surface area (Å²) >= 11 is 0. The van der Waals surface area contributed by atoms with Crippen molar-refractivity contribution in [2.45, 2.75) is 44.6 Å². The summed E-state index contributed by atoms with van der Waals surface area (Å²) in [4.78, 5) is 16.0. The predicted molar refractivity (Wildman–Crippen MR) is 67.6 cm³/mol. The van der Waals surface area contributed by atoms with Crippen LogP contribution in [0.4, 0.5) is 5.69 Å². The molecule has 3 N–H and O–H groups in total. The van der Waals surface area contributed by atoms with Gasteiger partial charge in [0.2, 0.25) is 0 Å². The molecular weight excluding hydrogens is 214 g/mol. The fraction of sp³-hybridized carbons (Fsp3) is 0.538. The molecule has 1 aliphatic carbocycles. The van der Waals surface area contributed by atoms with Gasteiger partial charge in [0, 0.05) is 12.2 Å². The number of hydrogen-bond donors (Lipinski definition) is 2. The summed E-state index contributed by atoms with van der Waals surface area (Å²) in [5.41, 5.74) is 6.52. The van der Waals surface area contributed by atoms with Gasteiger partial charge in [0.15, 0.2) is 5.69 Å². The van der Waals surface area contributed by atoms with Crippen LogP contribution in [0.1, 0.15) is 49.0 Å². The Morgan fingerprint density at radius 1 is 1.29 bits per heavy atom. The number of rotatable bonds is 2. The molecule has 2 rings (SSSR count). The Balaban J connectivity index is 1.98. The average molecular weight is 233 g/mol. The van der Waals surface area contributed by atoms with Gasteiger partial charge in [-0.3, -0.25) is 4.79 Å². The molecule has 1 aromatic rings. The maximum atomic E-state index is 12.0. The van der Waals surface area contributed by atoms with E-state index < -0.39 is 0 Å². The Hall–Kier alpha value is -1.58. The number of nitrogens with one attached hydrogen (secondary N) is 1. The molecule has 0 bridgehead atoms. The molecule has 0 atom stereocenters. The second-order valence-corrected chi connectivity index (χ2v) is 4.60. The fourth-order valence-corrected chi connectivity index (χ4v) is 2.28. The molecule has 4 heteroatoms. The zero-order valence-electron chi connectivity index (χ0n) is 9.98. The number of pyridine rings is 1. The summed E-state index contributed by atoms with van der Waals surface area (Å²) in [6.07, 6.45) is 8.68. The minimum Gasteiger partial charge on any atom is -0.397 e. The molecule has 0 aliphatic heterocycles. The van der Waals surface area contributed by atoms with E-state index in [1.165, 1.54) is 25.7 Å². The molecular formula is C13H19N3O. The lowest BCUT2D eigenvalue weighted by Crippen LogP contribution is -2.35. The van der Waals surface area contributed by atoms with E-state index in [1.807, 2.05) is 0 Å². The van der Waals surface area contributed by atoms with Gasteiger partial charge in [-0.05, 0) is 25.0 Å². The summed E-state index contributed by atoms with van der Waals surface area (Å²) in [5, 5.41) is 3.03. The molecule has 92 valence electrons. The molecule has 17 heavy (non-hydrogen) atoms. The number of anilines is 1. The highest BCUT2D eigenvalue weighted by atomic mass is 16.1. The van der Waals surface area contributed by atoms with Crippen LogP contribution in [0.5, 0.6) is 0 Å². The first-order chi connectivity index (χ1) is 8.27. The van der Waals surface area contributed by atoms with Crippen molar-refractivity contribution < 1.29 is 4.79 Å². The number of nitrogen functional groups attached to an aromatic ring is 1. The lowest BCUT2D eigenvalue weighted by molar-refractivity contribution is 0.0929. The van der Waals surface area contributed by atoms with Crippen molar-refractivity contribution in [2.24, 2.45) is 0 Å². The van der Waals surface area contributed by atoms with Crippen LogP contribution >= 0.6 is 0 Å². The molecule has 1 aliphatic rings. The molecule has 0 radical (unpaired) electrons. The summed E-state index contributed by atoms with van der Waals surface area (Å²) in [7, 11) is 0. The highest BCUT2D eigenvalue weighted by molar-refractivity contribution is 5.97. The number of aromatic nitrogens is 1. The zero-order chi connectivity index (χ0) is 12.1. The molecule has 0 unspecified atom stereocenters. The molecule has 0 spiro atoms. The smallest absolute Gasteiger partial charge is 0.272 e. The average Bonchev–Trinajstić information content (AvgIpc) is 2.58. The highest BCUT2D eigenvalue weighted by Crippen LogP contribution is 2.18. The standard InChI is InChI=1S/C13H19N3O/c14-11-8-5-9-15-12(11)13(17)16-10-6-3-1-2-4-7-10/h5,8-10H,1-4,6-7,14H2,(H,16,17). The number of hydrogen-bond acceptors (Lipinski definition) is 3. The number of nitrogens with zero attached hydrogens (tertiary/aromatic N) is 1. The largest absolute Gasteiger partial charge is 0.397 e. The van der Waals surface area contributed by atoms with Gasteiger partial charge >= 0.3 is 0 Å². The first-order valence-electron chi connectivity index (χ1n) is 6.29. The van der Waals surface area contributed by atoms with Crippen molar-refractivity contribution >= 4 is 11.6 Å². The molecule has 4 nitrogen and oxygen atoms in total. The molecule has 0 aromatic carbocycles. The van der Waals surface area contributed by atoms with Crippen LogP contribution in [-0.4, -0.2) is 16.9 Å². The Kier molecular flexibility index (Phi) is 3.96. The van der Waals surface area contributed by atoms with Gasteiger partial charge in [0.1, 0.15) is 0 Å². The minimum absolute atomic E-state index is 0.144. The number of amides is 1. The fourth-order valence-electron chi connectivity index (χ4n) is 2.28. The molecule has 1 heterocycles. The molecule has 0 saturated heterocycles. The van der Waals surface area contributed by atoms with Crippen LogP contribution in [0, 0.1) is 0 Å². The van der Waals surface area contributed by atoms with Gasteiger partial charge in [-0.1, -0.05) is 25.7 Å². The second-order valence-electron chi connectivity index (χ2n) is 4.60. The summed E-state index contributed by atoms with van der Waals surface area (Å²) < 4.78 is 0. The van der Waals surface area contributed by atoms with E-state index in [9.17, 15) is 4.79 Å². The second kappa shape index (κ2) is 5.66. The van der Waals surface area contributed by atoms with Crippen LogP contribution in [0.15, 0.2) is 18.3 Å². The van der Waals surface area contributed by atoms with E-state index in [-0.39, 0.29) is 11.9 Å². The first kappa shape index (κ1) is 11.9. The quantitative estimate of drug-likeness (QED) is 0.769. The van der Waals surface area contributed by atoms with Crippen LogP contribution in [-0.2, 0) is 0 Å². The van der Waals surface area contributed by atoms with E-state index in [2.05, 4.69) is 10.3 Å². The monoisotopic (exact) mass is 233 g/mol. The maximum Gasteiger partial charge on any atom is 0.272 e. The van der Waals surface area contributed by atoms with Gasteiger partial charge in [-0.2, -0.15) is 0 Å². The van der Waals surface area contributed by atoms with Crippen molar-refractivity contribution in [3.8, 4) is 0 Å². The normalized spacial score (nSPS) is 17.4. The Morgan fingerprint density at radius 3 is 2.65 bits per heavy atom. The highest BCUT2D eigenvalue weighted by Gasteiger charge is 2.17. The van der Waals surface area contributed by atoms with Crippen LogP contribution in [0.25, 0.3) is 0 Å². The lowest BCUT2D eigenvalue weighted by atomic mass is 10.1. The molecule has 1 fully saturated rings. The van der Waals surface area contributed by atoms with Gasteiger partial charge in [-0.15, -0.1) is 0 Å². The van der Waals surface area contributed by atoms with E-state index in [4.69, 9.17) is 5.73 Å². The van der Waals surface area contributed by atoms with Gasteiger partial charge in [0.25, 0.3) is 5.91 Å². The third-order valence-corrected chi connectivity index (χ3v) is 3.24. The minimum atomic E-state index is -0.144. The molecule has 1 amide bonds. The maximum absolute atomic E-state index is 12.0. The Morgan fingerprint density at radius 2 is 2.00 bits per heavy atom. The van der Waals surface area contributed by atoms with Crippen LogP contribution in [0.2, 0.25) is 0 Å². The van der Waals surface area contributed by atoms with Gasteiger partial charge < -0.3 is 11.1 Å². The number of carbonyl (C=O) groups excluding carboxylic acids is 1. The summed E-state index contributed by atoms with van der Waals surface area (Å²) in [6, 6.07) is 3.72. The van der Waals surface area contributed by atoms with Crippen molar-refractivity contribution in [3.63, 3.8) is 0 Å². The first-order valence-corrected chi connectivity index (χ1v) is 6.29. The van der Waals surface area contributed by atoms with Crippen molar-refractivity contribution in [1.82, 2.24) is 10.3 Å². The number of carbonyl (C=O) groups is 1. The topological polar surface area (TPSA) is 68.0 Å². The summed E-state index contributed by atoms with van der Waals surface area (Å²) in [5.74, 6) is -0.144. The predicted octanol–water partition coefficient (Wildman–Crippen LogP) is 2.12. The Labute approximate surface area is 102 Å². The van der Waals surface area contributed by atoms with E-state index in [0.717, 1.165) is 12.8 Å².